The van der Waals surface area contributed by atoms with Crippen LogP contribution < -0.4 is 0 Å². The number of rotatable bonds is 3. The maximum atomic E-state index is 12.7. The third kappa shape index (κ3) is 4.39. The van der Waals surface area contributed by atoms with Crippen molar-refractivity contribution < 1.29 is 37.0 Å². The molecule has 4 rings (SSSR count). The minimum absolute atomic E-state index is 0.0273. The van der Waals surface area contributed by atoms with Gasteiger partial charge >= 0.3 is 18.1 Å². The quantitative estimate of drug-likeness (QED) is 0.300. The van der Waals surface area contributed by atoms with E-state index in [1.165, 1.54) is 0 Å². The highest BCUT2D eigenvalue weighted by molar-refractivity contribution is 5.91. The van der Waals surface area contributed by atoms with Crippen LogP contribution in [0.1, 0.15) is 48.5 Å². The Morgan fingerprint density at radius 1 is 1.29 bits per heavy atom. The van der Waals surface area contributed by atoms with E-state index in [1.54, 1.807) is 0 Å². The maximum absolute atomic E-state index is 12.7. The van der Waals surface area contributed by atoms with Crippen molar-refractivity contribution in [1.82, 2.24) is 0 Å². The van der Waals surface area contributed by atoms with Crippen LogP contribution in [-0.2, 0) is 25.2 Å². The summed E-state index contributed by atoms with van der Waals surface area (Å²) in [6.07, 6.45) is -0.294. The molecule has 31 heavy (non-hydrogen) atoms. The van der Waals surface area contributed by atoms with E-state index in [-0.39, 0.29) is 35.9 Å². The van der Waals surface area contributed by atoms with Gasteiger partial charge in [0.1, 0.15) is 18.8 Å². The Kier molecular flexibility index (Phi) is 5.45. The summed E-state index contributed by atoms with van der Waals surface area (Å²) in [5.74, 6) is -1.25. The lowest BCUT2D eigenvalue weighted by atomic mass is 9.84. The molecule has 8 heteroatoms. The molecule has 0 radical (unpaired) electrons. The molecule has 0 N–H and O–H groups in total. The Labute approximate surface area is 177 Å². The summed E-state index contributed by atoms with van der Waals surface area (Å²) in [7, 11) is 0. The fraction of sp³-hybridized carbons (Fsp3) is 0.478. The minimum atomic E-state index is -4.46. The lowest BCUT2D eigenvalue weighted by Gasteiger charge is -2.20. The molecular formula is C23H23F3O5. The maximum Gasteiger partial charge on any atom is 0.416 e. The predicted molar refractivity (Wildman–Crippen MR) is 104 cm³/mol. The molecule has 0 saturated carbocycles. The van der Waals surface area contributed by atoms with Crippen molar-refractivity contribution in [3.8, 4) is 0 Å². The van der Waals surface area contributed by atoms with Gasteiger partial charge in [-0.05, 0) is 62.4 Å². The third-order valence-electron chi connectivity index (χ3n) is 6.28. The normalized spacial score (nSPS) is 32.3. The number of esters is 2. The first-order valence-electron chi connectivity index (χ1n) is 10.2. The second kappa shape index (κ2) is 7.82. The molecule has 4 atom stereocenters. The van der Waals surface area contributed by atoms with Crippen LogP contribution in [0.25, 0.3) is 0 Å². The first-order valence-corrected chi connectivity index (χ1v) is 10.2. The van der Waals surface area contributed by atoms with Crippen LogP contribution in [0.2, 0.25) is 0 Å². The Morgan fingerprint density at radius 2 is 2.00 bits per heavy atom. The molecule has 3 aliphatic rings. The summed E-state index contributed by atoms with van der Waals surface area (Å²) in [6.45, 7) is 5.89. The number of fused-ring (bicyclic) bond motifs is 3. The van der Waals surface area contributed by atoms with E-state index < -0.39 is 23.7 Å². The number of alkyl halides is 3. The monoisotopic (exact) mass is 436 g/mol. The van der Waals surface area contributed by atoms with Gasteiger partial charge in [-0.25, -0.2) is 9.59 Å². The van der Waals surface area contributed by atoms with Crippen molar-refractivity contribution in [3.05, 3.63) is 59.2 Å². The van der Waals surface area contributed by atoms with Gasteiger partial charge < -0.3 is 14.2 Å². The topological polar surface area (TPSA) is 65.1 Å². The molecule has 5 nitrogen and oxygen atoms in total. The van der Waals surface area contributed by atoms with Crippen LogP contribution in [0.15, 0.2) is 48.1 Å². The van der Waals surface area contributed by atoms with Crippen molar-refractivity contribution in [2.75, 3.05) is 6.61 Å². The molecule has 166 valence electrons. The van der Waals surface area contributed by atoms with Gasteiger partial charge in [0.25, 0.3) is 0 Å². The lowest BCUT2D eigenvalue weighted by molar-refractivity contribution is -0.140. The molecule has 1 aromatic carbocycles. The van der Waals surface area contributed by atoms with E-state index in [2.05, 4.69) is 6.58 Å². The number of halogens is 3. The third-order valence-corrected chi connectivity index (χ3v) is 6.28. The summed E-state index contributed by atoms with van der Waals surface area (Å²) in [5, 5.41) is 0. The van der Waals surface area contributed by atoms with Crippen LogP contribution in [0.4, 0.5) is 13.2 Å². The van der Waals surface area contributed by atoms with E-state index in [0.29, 0.717) is 24.8 Å². The highest BCUT2D eigenvalue weighted by atomic mass is 19.4. The highest BCUT2D eigenvalue weighted by Gasteiger charge is 2.61. The van der Waals surface area contributed by atoms with E-state index in [0.717, 1.165) is 36.3 Å². The largest absolute Gasteiger partial charge is 0.458 e. The number of hydrogen-bond acceptors (Lipinski definition) is 5. The zero-order chi connectivity index (χ0) is 22.4. The van der Waals surface area contributed by atoms with E-state index in [4.69, 9.17) is 14.2 Å². The number of carbonyl (C=O) groups excluding carboxylic acids is 2. The molecule has 0 unspecified atom stereocenters. The standard InChI is InChI=1S/C23H23F3O5/c1-13-17-10-5-14(4-3-11-22(2)19(31-22)18(17)30-20(13)27)12-29-21(28)15-6-8-16(9-7-15)23(24,25)26/h4,6-9,17-19H,1,3,5,10-12H2,2H3/b14-4+/t17-,18-,19+,22+/m0/s1. The summed E-state index contributed by atoms with van der Waals surface area (Å²) < 4.78 is 54.7. The SMILES string of the molecule is C=C1C(=O)O[C@@H]2[C@H]3O[C@]3(C)CC/C=C(/COC(=O)c3ccc(C(F)(F)F)cc3)CC[C@@H]12. The number of benzene rings is 1. The zero-order valence-corrected chi connectivity index (χ0v) is 17.0. The second-order valence-corrected chi connectivity index (χ2v) is 8.44. The fourth-order valence-corrected chi connectivity index (χ4v) is 4.29. The van der Waals surface area contributed by atoms with Crippen molar-refractivity contribution in [2.24, 2.45) is 5.92 Å². The van der Waals surface area contributed by atoms with Crippen molar-refractivity contribution >= 4 is 11.9 Å². The number of ether oxygens (including phenoxy) is 3. The van der Waals surface area contributed by atoms with Crippen LogP contribution in [0.3, 0.4) is 0 Å². The van der Waals surface area contributed by atoms with E-state index in [9.17, 15) is 22.8 Å². The zero-order valence-electron chi connectivity index (χ0n) is 17.0. The number of allylic oxidation sites excluding steroid dienone is 1. The van der Waals surface area contributed by atoms with Crippen LogP contribution in [0.5, 0.6) is 0 Å². The van der Waals surface area contributed by atoms with Gasteiger partial charge in [-0.3, -0.25) is 0 Å². The Balaban J connectivity index is 1.41. The molecule has 0 amide bonds. The van der Waals surface area contributed by atoms with Gasteiger partial charge in [0.05, 0.1) is 16.7 Å². The summed E-state index contributed by atoms with van der Waals surface area (Å²) in [4.78, 5) is 24.3. The molecule has 0 aromatic heterocycles. The Morgan fingerprint density at radius 3 is 2.68 bits per heavy atom. The lowest BCUT2D eigenvalue weighted by Crippen LogP contribution is -2.29. The smallest absolute Gasteiger partial charge is 0.416 e. The van der Waals surface area contributed by atoms with Crippen LogP contribution in [-0.4, -0.2) is 36.4 Å². The van der Waals surface area contributed by atoms with Crippen LogP contribution in [0, 0.1) is 5.92 Å². The second-order valence-electron chi connectivity index (χ2n) is 8.44. The van der Waals surface area contributed by atoms with Crippen molar-refractivity contribution in [3.63, 3.8) is 0 Å². The summed E-state index contributed by atoms with van der Waals surface area (Å²) >= 11 is 0. The molecule has 1 aromatic rings. The molecule has 0 bridgehead atoms. The average molecular weight is 436 g/mol. The highest BCUT2D eigenvalue weighted by Crippen LogP contribution is 2.49. The molecular weight excluding hydrogens is 413 g/mol. The Hall–Kier alpha value is -2.61. The predicted octanol–water partition coefficient (Wildman–Crippen LogP) is 4.62. The average Bonchev–Trinajstić information content (AvgIpc) is 3.31. The van der Waals surface area contributed by atoms with Gasteiger partial charge in [0.2, 0.25) is 0 Å². The molecule has 1 aliphatic carbocycles. The van der Waals surface area contributed by atoms with E-state index >= 15 is 0 Å². The first-order chi connectivity index (χ1) is 14.6. The van der Waals surface area contributed by atoms with Gasteiger partial charge in [-0.2, -0.15) is 13.2 Å². The molecule has 2 fully saturated rings. The molecule has 2 aliphatic heterocycles. The molecule has 2 heterocycles. The van der Waals surface area contributed by atoms with Gasteiger partial charge in [0.15, 0.2) is 0 Å². The van der Waals surface area contributed by atoms with Crippen molar-refractivity contribution in [2.45, 2.75) is 56.6 Å². The number of carbonyl (C=O) groups is 2. The number of hydrogen-bond donors (Lipinski definition) is 0. The number of epoxide rings is 1. The van der Waals surface area contributed by atoms with Gasteiger partial charge in [-0.1, -0.05) is 12.7 Å². The minimum Gasteiger partial charge on any atom is -0.458 e. The molecule has 2 saturated heterocycles. The molecule has 0 spiro atoms. The Bertz CT molecular complexity index is 934. The summed E-state index contributed by atoms with van der Waals surface area (Å²) in [6, 6.07) is 3.92. The fourth-order valence-electron chi connectivity index (χ4n) is 4.29. The van der Waals surface area contributed by atoms with Crippen molar-refractivity contribution in [1.29, 1.82) is 0 Å². The van der Waals surface area contributed by atoms with Gasteiger partial charge in [-0.15, -0.1) is 0 Å². The summed E-state index contributed by atoms with van der Waals surface area (Å²) in [5.41, 5.74) is 0.192. The first kappa shape index (κ1) is 21.6. The van der Waals surface area contributed by atoms with Gasteiger partial charge in [0, 0.05) is 11.5 Å². The van der Waals surface area contributed by atoms with E-state index in [1.807, 2.05) is 13.0 Å². The van der Waals surface area contributed by atoms with Crippen LogP contribution >= 0.6 is 0 Å².